The average Bonchev–Trinajstić information content (AvgIpc) is 2.26. The quantitative estimate of drug-likeness (QED) is 0.543. The number of rotatable bonds is 5. The summed E-state index contributed by atoms with van der Waals surface area (Å²) in [5.41, 5.74) is 0.690. The van der Waals surface area contributed by atoms with Crippen molar-refractivity contribution < 1.29 is 15.0 Å². The van der Waals surface area contributed by atoms with Gasteiger partial charge >= 0.3 is 0 Å². The molecule has 0 saturated heterocycles. The van der Waals surface area contributed by atoms with Crippen molar-refractivity contribution in [3.05, 3.63) is 23.8 Å². The summed E-state index contributed by atoms with van der Waals surface area (Å²) in [6.45, 7) is 1.00. The van der Waals surface area contributed by atoms with E-state index in [1.54, 1.807) is 13.1 Å². The number of benzene rings is 1. The van der Waals surface area contributed by atoms with E-state index >= 15 is 0 Å². The monoisotopic (exact) mass is 224 g/mol. The number of aromatic hydroxyl groups is 2. The standard InChI is InChI=1S/C11H16N2O3/c1-12-11(16)4-5-13-7-8-2-3-9(14)6-10(8)15/h2-3,6,13-15H,4-5,7H2,1H3,(H,12,16). The molecule has 16 heavy (non-hydrogen) atoms. The molecule has 0 radical (unpaired) electrons. The Labute approximate surface area is 94.1 Å². The largest absolute Gasteiger partial charge is 0.508 e. The summed E-state index contributed by atoms with van der Waals surface area (Å²) < 4.78 is 0. The lowest BCUT2D eigenvalue weighted by atomic mass is 10.2. The van der Waals surface area contributed by atoms with Crippen molar-refractivity contribution in [2.45, 2.75) is 13.0 Å². The minimum absolute atomic E-state index is 0.0255. The Morgan fingerprint density at radius 2 is 2.12 bits per heavy atom. The fraction of sp³-hybridized carbons (Fsp3) is 0.364. The third-order valence-corrected chi connectivity index (χ3v) is 2.19. The van der Waals surface area contributed by atoms with E-state index in [2.05, 4.69) is 10.6 Å². The van der Waals surface area contributed by atoms with Crippen LogP contribution in [0.15, 0.2) is 18.2 Å². The highest BCUT2D eigenvalue weighted by Crippen LogP contribution is 2.21. The maximum absolute atomic E-state index is 10.9. The zero-order valence-electron chi connectivity index (χ0n) is 9.16. The third-order valence-electron chi connectivity index (χ3n) is 2.19. The molecule has 4 N–H and O–H groups in total. The summed E-state index contributed by atoms with van der Waals surface area (Å²) in [7, 11) is 1.59. The predicted molar refractivity (Wildman–Crippen MR) is 60.2 cm³/mol. The number of phenols is 2. The normalized spacial score (nSPS) is 10.1. The molecule has 88 valence electrons. The minimum Gasteiger partial charge on any atom is -0.508 e. The van der Waals surface area contributed by atoms with E-state index in [1.165, 1.54) is 12.1 Å². The Hall–Kier alpha value is -1.75. The van der Waals surface area contributed by atoms with Crippen LogP contribution in [0, 0.1) is 0 Å². The number of hydrogen-bond acceptors (Lipinski definition) is 4. The van der Waals surface area contributed by atoms with E-state index in [0.717, 1.165) is 0 Å². The van der Waals surface area contributed by atoms with Crippen molar-refractivity contribution in [3.63, 3.8) is 0 Å². The summed E-state index contributed by atoms with van der Waals surface area (Å²) in [6, 6.07) is 4.43. The van der Waals surface area contributed by atoms with Crippen molar-refractivity contribution in [2.75, 3.05) is 13.6 Å². The molecule has 1 amide bonds. The van der Waals surface area contributed by atoms with Crippen LogP contribution in [-0.2, 0) is 11.3 Å². The van der Waals surface area contributed by atoms with Crippen molar-refractivity contribution >= 4 is 5.91 Å². The Morgan fingerprint density at radius 3 is 2.75 bits per heavy atom. The van der Waals surface area contributed by atoms with Crippen LogP contribution in [0.1, 0.15) is 12.0 Å². The van der Waals surface area contributed by atoms with E-state index in [1.807, 2.05) is 0 Å². The minimum atomic E-state index is -0.0255. The molecule has 5 heteroatoms. The topological polar surface area (TPSA) is 81.6 Å². The van der Waals surface area contributed by atoms with Gasteiger partial charge in [-0.25, -0.2) is 0 Å². The van der Waals surface area contributed by atoms with Gasteiger partial charge < -0.3 is 20.8 Å². The molecular weight excluding hydrogens is 208 g/mol. The number of amides is 1. The van der Waals surface area contributed by atoms with E-state index in [0.29, 0.717) is 25.1 Å². The molecule has 0 aliphatic heterocycles. The van der Waals surface area contributed by atoms with Gasteiger partial charge in [0.1, 0.15) is 11.5 Å². The maximum atomic E-state index is 10.9. The first-order valence-electron chi connectivity index (χ1n) is 5.05. The highest BCUT2D eigenvalue weighted by atomic mass is 16.3. The average molecular weight is 224 g/mol. The SMILES string of the molecule is CNC(=O)CCNCc1ccc(O)cc1O. The molecule has 0 aliphatic carbocycles. The van der Waals surface area contributed by atoms with E-state index < -0.39 is 0 Å². The molecule has 0 aromatic heterocycles. The summed E-state index contributed by atoms with van der Waals surface area (Å²) >= 11 is 0. The fourth-order valence-corrected chi connectivity index (χ4v) is 1.25. The van der Waals surface area contributed by atoms with Gasteiger partial charge in [0.15, 0.2) is 0 Å². The number of carbonyl (C=O) groups excluding carboxylic acids is 1. The molecule has 0 atom stereocenters. The molecule has 0 fully saturated rings. The summed E-state index contributed by atoms with van der Waals surface area (Å²) in [6.07, 6.45) is 0.398. The highest BCUT2D eigenvalue weighted by molar-refractivity contribution is 5.75. The van der Waals surface area contributed by atoms with Gasteiger partial charge in [0, 0.05) is 38.2 Å². The first-order chi connectivity index (χ1) is 7.63. The Bertz CT molecular complexity index is 366. The van der Waals surface area contributed by atoms with Crippen LogP contribution < -0.4 is 10.6 Å². The van der Waals surface area contributed by atoms with Gasteiger partial charge in [-0.05, 0) is 6.07 Å². The Morgan fingerprint density at radius 1 is 1.38 bits per heavy atom. The number of carbonyl (C=O) groups is 1. The van der Waals surface area contributed by atoms with Crippen molar-refractivity contribution in [3.8, 4) is 11.5 Å². The van der Waals surface area contributed by atoms with E-state index in [9.17, 15) is 9.90 Å². The molecule has 0 saturated carbocycles. The first-order valence-corrected chi connectivity index (χ1v) is 5.05. The predicted octanol–water partition coefficient (Wildman–Crippen LogP) is 0.323. The molecule has 1 aromatic rings. The first kappa shape index (κ1) is 12.3. The fourth-order valence-electron chi connectivity index (χ4n) is 1.25. The van der Waals surface area contributed by atoms with Crippen molar-refractivity contribution in [1.29, 1.82) is 0 Å². The molecule has 1 rings (SSSR count). The third kappa shape index (κ3) is 3.78. The second kappa shape index (κ2) is 5.97. The van der Waals surface area contributed by atoms with Gasteiger partial charge in [-0.15, -0.1) is 0 Å². The van der Waals surface area contributed by atoms with Gasteiger partial charge in [-0.1, -0.05) is 6.07 Å². The van der Waals surface area contributed by atoms with Crippen molar-refractivity contribution in [1.82, 2.24) is 10.6 Å². The van der Waals surface area contributed by atoms with Crippen LogP contribution in [-0.4, -0.2) is 29.7 Å². The van der Waals surface area contributed by atoms with Gasteiger partial charge in [-0.2, -0.15) is 0 Å². The van der Waals surface area contributed by atoms with Gasteiger partial charge in [-0.3, -0.25) is 4.79 Å². The Kier molecular flexibility index (Phi) is 4.60. The van der Waals surface area contributed by atoms with E-state index in [4.69, 9.17) is 5.11 Å². The molecule has 0 unspecified atom stereocenters. The van der Waals surface area contributed by atoms with Crippen LogP contribution in [0.2, 0.25) is 0 Å². The summed E-state index contributed by atoms with van der Waals surface area (Å²) in [5, 5.41) is 24.1. The lowest BCUT2D eigenvalue weighted by Gasteiger charge is -2.06. The second-order valence-electron chi connectivity index (χ2n) is 3.41. The molecule has 0 heterocycles. The maximum Gasteiger partial charge on any atom is 0.221 e. The van der Waals surface area contributed by atoms with Crippen LogP contribution >= 0.6 is 0 Å². The van der Waals surface area contributed by atoms with Crippen LogP contribution in [0.4, 0.5) is 0 Å². The molecule has 1 aromatic carbocycles. The molecule has 5 nitrogen and oxygen atoms in total. The smallest absolute Gasteiger partial charge is 0.221 e. The molecule has 0 spiro atoms. The number of nitrogens with one attached hydrogen (secondary N) is 2. The number of phenolic OH excluding ortho intramolecular Hbond substituents is 2. The Balaban J connectivity index is 2.35. The summed E-state index contributed by atoms with van der Waals surface area (Å²) in [5.74, 6) is 0.0569. The lowest BCUT2D eigenvalue weighted by Crippen LogP contribution is -2.24. The van der Waals surface area contributed by atoms with Crippen molar-refractivity contribution in [2.24, 2.45) is 0 Å². The molecular formula is C11H16N2O3. The van der Waals surface area contributed by atoms with E-state index in [-0.39, 0.29) is 17.4 Å². The lowest BCUT2D eigenvalue weighted by molar-refractivity contribution is -0.120. The van der Waals surface area contributed by atoms with Gasteiger partial charge in [0.05, 0.1) is 0 Å². The van der Waals surface area contributed by atoms with Gasteiger partial charge in [0.25, 0.3) is 0 Å². The molecule has 0 aliphatic rings. The highest BCUT2D eigenvalue weighted by Gasteiger charge is 2.02. The zero-order chi connectivity index (χ0) is 12.0. The van der Waals surface area contributed by atoms with Crippen LogP contribution in [0.3, 0.4) is 0 Å². The number of hydrogen-bond donors (Lipinski definition) is 4. The molecule has 0 bridgehead atoms. The second-order valence-corrected chi connectivity index (χ2v) is 3.41. The van der Waals surface area contributed by atoms with Crippen LogP contribution in [0.5, 0.6) is 11.5 Å². The zero-order valence-corrected chi connectivity index (χ0v) is 9.16. The van der Waals surface area contributed by atoms with Crippen LogP contribution in [0.25, 0.3) is 0 Å². The summed E-state index contributed by atoms with van der Waals surface area (Å²) in [4.78, 5) is 10.9. The van der Waals surface area contributed by atoms with Gasteiger partial charge in [0.2, 0.25) is 5.91 Å².